The highest BCUT2D eigenvalue weighted by Crippen LogP contribution is 2.31. The molecule has 0 aliphatic heterocycles. The van der Waals surface area contributed by atoms with Crippen molar-refractivity contribution >= 4 is 6.29 Å². The van der Waals surface area contributed by atoms with Crippen molar-refractivity contribution in [2.24, 2.45) is 0 Å². The smallest absolute Gasteiger partial charge is 0.167 e. The van der Waals surface area contributed by atoms with Crippen LogP contribution >= 0.6 is 0 Å². The average Bonchev–Trinajstić information content (AvgIpc) is 2.75. The molecule has 0 radical (unpaired) electrons. The van der Waals surface area contributed by atoms with Gasteiger partial charge < -0.3 is 4.98 Å². The fraction of sp³-hybridized carbons (Fsp3) is 0.556. The Morgan fingerprint density at radius 1 is 1.50 bits per heavy atom. The standard InChI is InChI=1S/C9H12N2O/c12-6-8-5-10-9(11-8)7-3-1-2-4-7/h5-7H,1-4H2,(H,10,11). The van der Waals surface area contributed by atoms with Crippen molar-refractivity contribution in [3.63, 3.8) is 0 Å². The molecule has 0 unspecified atom stereocenters. The summed E-state index contributed by atoms with van der Waals surface area (Å²) in [5.74, 6) is 1.56. The molecule has 64 valence electrons. The molecule has 1 heterocycles. The lowest BCUT2D eigenvalue weighted by molar-refractivity contribution is 0.111. The van der Waals surface area contributed by atoms with Gasteiger partial charge in [0.2, 0.25) is 0 Å². The second-order valence-corrected chi connectivity index (χ2v) is 3.32. The number of imidazole rings is 1. The Kier molecular flexibility index (Phi) is 1.94. The number of H-pyrrole nitrogens is 1. The third kappa shape index (κ3) is 1.26. The molecule has 0 saturated heterocycles. The van der Waals surface area contributed by atoms with Crippen molar-refractivity contribution in [2.75, 3.05) is 0 Å². The number of carbonyl (C=O) groups excluding carboxylic acids is 1. The maximum Gasteiger partial charge on any atom is 0.167 e. The minimum atomic E-state index is 0.568. The molecular weight excluding hydrogens is 152 g/mol. The van der Waals surface area contributed by atoms with Gasteiger partial charge in [-0.25, -0.2) is 4.98 Å². The molecule has 1 saturated carbocycles. The van der Waals surface area contributed by atoms with Crippen LogP contribution in [0.4, 0.5) is 0 Å². The van der Waals surface area contributed by atoms with Crippen molar-refractivity contribution in [3.8, 4) is 0 Å². The van der Waals surface area contributed by atoms with Gasteiger partial charge in [0.05, 0.1) is 11.9 Å². The molecule has 1 fully saturated rings. The highest BCUT2D eigenvalue weighted by Gasteiger charge is 2.19. The topological polar surface area (TPSA) is 45.8 Å². The summed E-state index contributed by atoms with van der Waals surface area (Å²) in [6.07, 6.45) is 7.44. The summed E-state index contributed by atoms with van der Waals surface area (Å²) in [6.45, 7) is 0. The first-order valence-electron chi connectivity index (χ1n) is 4.40. The zero-order chi connectivity index (χ0) is 8.39. The molecule has 0 aromatic carbocycles. The monoisotopic (exact) mass is 164 g/mol. The number of aldehydes is 1. The van der Waals surface area contributed by atoms with Crippen molar-refractivity contribution < 1.29 is 4.79 Å². The summed E-state index contributed by atoms with van der Waals surface area (Å²) in [5.41, 5.74) is 0.594. The largest absolute Gasteiger partial charge is 0.340 e. The third-order valence-corrected chi connectivity index (χ3v) is 2.48. The average molecular weight is 164 g/mol. The van der Waals surface area contributed by atoms with E-state index >= 15 is 0 Å². The number of aromatic amines is 1. The van der Waals surface area contributed by atoms with Crippen LogP contribution in [0, 0.1) is 0 Å². The highest BCUT2D eigenvalue weighted by atomic mass is 16.1. The first kappa shape index (κ1) is 7.53. The van der Waals surface area contributed by atoms with Gasteiger partial charge in [-0.3, -0.25) is 4.79 Å². The fourth-order valence-electron chi connectivity index (χ4n) is 1.82. The number of rotatable bonds is 2. The van der Waals surface area contributed by atoms with Crippen molar-refractivity contribution in [1.82, 2.24) is 9.97 Å². The lowest BCUT2D eigenvalue weighted by atomic mass is 10.1. The van der Waals surface area contributed by atoms with Crippen LogP contribution in [-0.4, -0.2) is 16.3 Å². The van der Waals surface area contributed by atoms with E-state index in [4.69, 9.17) is 0 Å². The lowest BCUT2D eigenvalue weighted by Crippen LogP contribution is -1.94. The predicted molar refractivity (Wildman–Crippen MR) is 45.2 cm³/mol. The van der Waals surface area contributed by atoms with Crippen LogP contribution in [0.5, 0.6) is 0 Å². The van der Waals surface area contributed by atoms with Crippen molar-refractivity contribution in [1.29, 1.82) is 0 Å². The quantitative estimate of drug-likeness (QED) is 0.678. The van der Waals surface area contributed by atoms with Gasteiger partial charge in [0.15, 0.2) is 6.29 Å². The second kappa shape index (κ2) is 3.09. The minimum absolute atomic E-state index is 0.568. The molecule has 3 nitrogen and oxygen atoms in total. The molecule has 1 aromatic heterocycles. The van der Waals surface area contributed by atoms with E-state index in [9.17, 15) is 4.79 Å². The summed E-state index contributed by atoms with van der Waals surface area (Å²) < 4.78 is 0. The van der Waals surface area contributed by atoms with E-state index in [1.54, 1.807) is 6.20 Å². The predicted octanol–water partition coefficient (Wildman–Crippen LogP) is 1.88. The van der Waals surface area contributed by atoms with Gasteiger partial charge in [-0.05, 0) is 12.8 Å². The minimum Gasteiger partial charge on any atom is -0.340 e. The summed E-state index contributed by atoms with van der Waals surface area (Å²) in [5, 5.41) is 0. The van der Waals surface area contributed by atoms with Crippen LogP contribution in [0.2, 0.25) is 0 Å². The maximum absolute atomic E-state index is 10.4. The molecule has 2 rings (SSSR count). The number of aromatic nitrogens is 2. The molecule has 0 bridgehead atoms. The van der Waals surface area contributed by atoms with Gasteiger partial charge in [0.25, 0.3) is 0 Å². The Morgan fingerprint density at radius 3 is 2.83 bits per heavy atom. The SMILES string of the molecule is O=Cc1cnc(C2CCCC2)[nH]1. The Balaban J connectivity index is 2.16. The van der Waals surface area contributed by atoms with Gasteiger partial charge in [0, 0.05) is 5.92 Å². The van der Waals surface area contributed by atoms with E-state index < -0.39 is 0 Å². The molecule has 3 heteroatoms. The van der Waals surface area contributed by atoms with Crippen LogP contribution in [-0.2, 0) is 0 Å². The molecule has 1 aromatic rings. The number of nitrogens with one attached hydrogen (secondary N) is 1. The molecule has 0 spiro atoms. The summed E-state index contributed by atoms with van der Waals surface area (Å²) >= 11 is 0. The molecule has 0 atom stereocenters. The van der Waals surface area contributed by atoms with Crippen LogP contribution < -0.4 is 0 Å². The van der Waals surface area contributed by atoms with E-state index in [0.29, 0.717) is 11.6 Å². The molecule has 1 aliphatic rings. The first-order valence-corrected chi connectivity index (χ1v) is 4.40. The van der Waals surface area contributed by atoms with Gasteiger partial charge >= 0.3 is 0 Å². The summed E-state index contributed by atoms with van der Waals surface area (Å²) in [4.78, 5) is 17.6. The van der Waals surface area contributed by atoms with E-state index in [2.05, 4.69) is 9.97 Å². The van der Waals surface area contributed by atoms with E-state index in [-0.39, 0.29) is 0 Å². The summed E-state index contributed by atoms with van der Waals surface area (Å²) in [6, 6.07) is 0. The molecule has 1 aliphatic carbocycles. The number of hydrogen-bond acceptors (Lipinski definition) is 2. The van der Waals surface area contributed by atoms with Crippen LogP contribution in [0.1, 0.15) is 47.9 Å². The van der Waals surface area contributed by atoms with Gasteiger partial charge in [0.1, 0.15) is 5.82 Å². The Bertz CT molecular complexity index is 274. The fourth-order valence-corrected chi connectivity index (χ4v) is 1.82. The van der Waals surface area contributed by atoms with Crippen LogP contribution in [0.15, 0.2) is 6.20 Å². The molecule has 1 N–H and O–H groups in total. The van der Waals surface area contributed by atoms with Gasteiger partial charge in [-0.15, -0.1) is 0 Å². The van der Waals surface area contributed by atoms with E-state index in [1.807, 2.05) is 0 Å². The number of carbonyl (C=O) groups is 1. The lowest BCUT2D eigenvalue weighted by Gasteiger charge is -2.02. The van der Waals surface area contributed by atoms with Crippen molar-refractivity contribution in [3.05, 3.63) is 17.7 Å². The second-order valence-electron chi connectivity index (χ2n) is 3.32. The number of hydrogen-bond donors (Lipinski definition) is 1. The Labute approximate surface area is 71.2 Å². The number of nitrogens with zero attached hydrogens (tertiary/aromatic N) is 1. The van der Waals surface area contributed by atoms with Crippen molar-refractivity contribution in [2.45, 2.75) is 31.6 Å². The zero-order valence-electron chi connectivity index (χ0n) is 6.92. The molecule has 0 amide bonds. The Morgan fingerprint density at radius 2 is 2.25 bits per heavy atom. The normalized spacial score (nSPS) is 18.3. The van der Waals surface area contributed by atoms with Gasteiger partial charge in [-0.2, -0.15) is 0 Å². The first-order chi connectivity index (χ1) is 5.90. The van der Waals surface area contributed by atoms with Gasteiger partial charge in [-0.1, -0.05) is 12.8 Å². The van der Waals surface area contributed by atoms with Crippen LogP contribution in [0.3, 0.4) is 0 Å². The van der Waals surface area contributed by atoms with E-state index in [1.165, 1.54) is 25.7 Å². The molecule has 12 heavy (non-hydrogen) atoms. The maximum atomic E-state index is 10.4. The Hall–Kier alpha value is -1.12. The van der Waals surface area contributed by atoms with E-state index in [0.717, 1.165) is 12.1 Å². The zero-order valence-corrected chi connectivity index (χ0v) is 6.92. The summed E-state index contributed by atoms with van der Waals surface area (Å²) in [7, 11) is 0. The molecular formula is C9H12N2O. The van der Waals surface area contributed by atoms with Crippen LogP contribution in [0.25, 0.3) is 0 Å². The third-order valence-electron chi connectivity index (χ3n) is 2.48. The highest BCUT2D eigenvalue weighted by molar-refractivity contribution is 5.71.